The first kappa shape index (κ1) is 19.2. The van der Waals surface area contributed by atoms with Crippen molar-refractivity contribution in [1.82, 2.24) is 19.7 Å². The summed E-state index contributed by atoms with van der Waals surface area (Å²) in [5, 5.41) is 11.8. The number of benzene rings is 1. The quantitative estimate of drug-likeness (QED) is 0.573. The first-order chi connectivity index (χ1) is 14.3. The SMILES string of the molecule is Cn1ncc2c(NC3CC4(C3)CC(F)(F)C4)nc(NCC(N)c3ccccc3)nc21. The standard InChI is InChI=1S/C21H25F2N7/c1-30-18-15(9-26-30)17(27-14-7-20(8-14)11-21(22,23)12-20)28-19(29-18)25-10-16(24)13-5-3-2-4-6-13/h2-6,9,14,16H,7-8,10-12,24H2,1H3,(H2,25,27,28,29). The molecule has 0 bridgehead atoms. The van der Waals surface area contributed by atoms with E-state index in [-0.39, 0.29) is 30.3 Å². The summed E-state index contributed by atoms with van der Waals surface area (Å²) < 4.78 is 28.2. The Bertz CT molecular complexity index is 1050. The van der Waals surface area contributed by atoms with E-state index in [2.05, 4.69) is 25.7 Å². The Labute approximate surface area is 173 Å². The minimum absolute atomic E-state index is 0.00837. The topological polar surface area (TPSA) is 93.7 Å². The summed E-state index contributed by atoms with van der Waals surface area (Å²) in [4.78, 5) is 9.20. The van der Waals surface area contributed by atoms with Crippen LogP contribution in [0.2, 0.25) is 0 Å². The van der Waals surface area contributed by atoms with Crippen LogP contribution in [0.25, 0.3) is 11.0 Å². The lowest BCUT2D eigenvalue weighted by molar-refractivity contribution is -0.193. The molecule has 158 valence electrons. The van der Waals surface area contributed by atoms with E-state index in [0.717, 1.165) is 23.8 Å². The highest BCUT2D eigenvalue weighted by Gasteiger charge is 2.61. The largest absolute Gasteiger partial charge is 0.367 e. The molecule has 0 saturated heterocycles. The van der Waals surface area contributed by atoms with Gasteiger partial charge in [0, 0.05) is 38.5 Å². The van der Waals surface area contributed by atoms with Crippen molar-refractivity contribution < 1.29 is 8.78 Å². The van der Waals surface area contributed by atoms with Gasteiger partial charge in [-0.15, -0.1) is 0 Å². The maximum absolute atomic E-state index is 13.3. The van der Waals surface area contributed by atoms with Gasteiger partial charge in [0.25, 0.3) is 0 Å². The Morgan fingerprint density at radius 2 is 1.93 bits per heavy atom. The lowest BCUT2D eigenvalue weighted by Crippen LogP contribution is -2.57. The Hall–Kier alpha value is -2.81. The predicted molar refractivity (Wildman–Crippen MR) is 111 cm³/mol. The summed E-state index contributed by atoms with van der Waals surface area (Å²) in [5.74, 6) is -1.34. The van der Waals surface area contributed by atoms with Crippen LogP contribution in [-0.2, 0) is 7.05 Å². The van der Waals surface area contributed by atoms with Crippen LogP contribution in [-0.4, -0.2) is 38.3 Å². The summed E-state index contributed by atoms with van der Waals surface area (Å²) >= 11 is 0. The van der Waals surface area contributed by atoms with Crippen molar-refractivity contribution in [1.29, 1.82) is 0 Å². The number of halogens is 2. The molecule has 0 amide bonds. The number of hydrogen-bond acceptors (Lipinski definition) is 6. The molecule has 1 spiro atoms. The van der Waals surface area contributed by atoms with E-state index < -0.39 is 5.92 Å². The predicted octanol–water partition coefficient (Wildman–Crippen LogP) is 3.47. The van der Waals surface area contributed by atoms with Gasteiger partial charge in [-0.3, -0.25) is 4.68 Å². The van der Waals surface area contributed by atoms with Crippen molar-refractivity contribution in [2.75, 3.05) is 17.2 Å². The molecular formula is C21H25F2N7. The van der Waals surface area contributed by atoms with Gasteiger partial charge in [0.1, 0.15) is 5.82 Å². The van der Waals surface area contributed by atoms with Crippen LogP contribution in [0.1, 0.15) is 37.3 Å². The monoisotopic (exact) mass is 413 g/mol. The average molecular weight is 413 g/mol. The molecule has 2 fully saturated rings. The zero-order chi connectivity index (χ0) is 20.9. The van der Waals surface area contributed by atoms with E-state index >= 15 is 0 Å². The second-order valence-electron chi connectivity index (χ2n) is 8.76. The number of nitrogens with zero attached hydrogens (tertiary/aromatic N) is 4. The van der Waals surface area contributed by atoms with Crippen molar-refractivity contribution in [3.8, 4) is 0 Å². The Balaban J connectivity index is 1.30. The summed E-state index contributed by atoms with van der Waals surface area (Å²) in [6.45, 7) is 0.481. The third-order valence-corrected chi connectivity index (χ3v) is 6.27. The molecule has 5 rings (SSSR count). The molecule has 2 aromatic heterocycles. The molecule has 3 aromatic rings. The van der Waals surface area contributed by atoms with Gasteiger partial charge in [0.15, 0.2) is 5.65 Å². The number of aromatic nitrogens is 4. The molecule has 30 heavy (non-hydrogen) atoms. The Morgan fingerprint density at radius 1 is 1.20 bits per heavy atom. The molecule has 1 atom stereocenters. The van der Waals surface area contributed by atoms with Crippen LogP contribution < -0.4 is 16.4 Å². The number of alkyl halides is 2. The normalized spacial score (nSPS) is 20.5. The van der Waals surface area contributed by atoms with Gasteiger partial charge in [-0.2, -0.15) is 15.1 Å². The minimum Gasteiger partial charge on any atom is -0.367 e. The van der Waals surface area contributed by atoms with E-state index in [1.807, 2.05) is 37.4 Å². The summed E-state index contributed by atoms with van der Waals surface area (Å²) in [6.07, 6.45) is 3.23. The van der Waals surface area contributed by atoms with Gasteiger partial charge >= 0.3 is 0 Å². The van der Waals surface area contributed by atoms with E-state index in [1.54, 1.807) is 10.9 Å². The molecule has 9 heteroatoms. The van der Waals surface area contributed by atoms with Gasteiger partial charge in [-0.1, -0.05) is 30.3 Å². The van der Waals surface area contributed by atoms with Crippen LogP contribution in [0, 0.1) is 5.41 Å². The molecule has 2 aliphatic rings. The van der Waals surface area contributed by atoms with E-state index in [9.17, 15) is 8.78 Å². The zero-order valence-electron chi connectivity index (χ0n) is 16.8. The van der Waals surface area contributed by atoms with E-state index in [0.29, 0.717) is 24.0 Å². The van der Waals surface area contributed by atoms with Crippen molar-refractivity contribution in [2.24, 2.45) is 18.2 Å². The number of anilines is 2. The molecule has 7 nitrogen and oxygen atoms in total. The summed E-state index contributed by atoms with van der Waals surface area (Å²) in [5.41, 5.74) is 7.82. The van der Waals surface area contributed by atoms with Gasteiger partial charge in [0.2, 0.25) is 11.9 Å². The van der Waals surface area contributed by atoms with Gasteiger partial charge in [-0.05, 0) is 23.8 Å². The number of fused-ring (bicyclic) bond motifs is 1. The molecule has 1 unspecified atom stereocenters. The third kappa shape index (κ3) is 3.47. The molecular weight excluding hydrogens is 388 g/mol. The van der Waals surface area contributed by atoms with Crippen molar-refractivity contribution in [3.63, 3.8) is 0 Å². The van der Waals surface area contributed by atoms with E-state index in [1.165, 1.54) is 0 Å². The Morgan fingerprint density at radius 3 is 2.63 bits per heavy atom. The van der Waals surface area contributed by atoms with Crippen LogP contribution >= 0.6 is 0 Å². The second kappa shape index (κ2) is 6.87. The fourth-order valence-electron chi connectivity index (χ4n) is 4.85. The van der Waals surface area contributed by atoms with Gasteiger partial charge < -0.3 is 16.4 Å². The van der Waals surface area contributed by atoms with Crippen LogP contribution in [0.15, 0.2) is 36.5 Å². The van der Waals surface area contributed by atoms with Crippen molar-refractivity contribution >= 4 is 22.8 Å². The fourth-order valence-corrected chi connectivity index (χ4v) is 4.85. The first-order valence-corrected chi connectivity index (χ1v) is 10.2. The lowest BCUT2D eigenvalue weighted by atomic mass is 9.52. The summed E-state index contributed by atoms with van der Waals surface area (Å²) in [7, 11) is 1.83. The summed E-state index contributed by atoms with van der Waals surface area (Å²) in [6, 6.07) is 9.79. The Kier molecular flexibility index (Phi) is 4.39. The van der Waals surface area contributed by atoms with Gasteiger partial charge in [-0.25, -0.2) is 8.78 Å². The highest BCUT2D eigenvalue weighted by Crippen LogP contribution is 2.62. The number of rotatable bonds is 6. The maximum atomic E-state index is 13.3. The number of nitrogens with two attached hydrogens (primary N) is 1. The lowest BCUT2D eigenvalue weighted by Gasteiger charge is -2.57. The van der Waals surface area contributed by atoms with Crippen LogP contribution in [0.5, 0.6) is 0 Å². The van der Waals surface area contributed by atoms with E-state index in [4.69, 9.17) is 5.73 Å². The number of hydrogen-bond donors (Lipinski definition) is 3. The van der Waals surface area contributed by atoms with Crippen LogP contribution in [0.4, 0.5) is 20.5 Å². The molecule has 0 aliphatic heterocycles. The average Bonchev–Trinajstić information content (AvgIpc) is 3.05. The van der Waals surface area contributed by atoms with Crippen molar-refractivity contribution in [2.45, 2.75) is 43.7 Å². The van der Waals surface area contributed by atoms with Crippen molar-refractivity contribution in [3.05, 3.63) is 42.1 Å². The molecule has 4 N–H and O–H groups in total. The van der Waals surface area contributed by atoms with Gasteiger partial charge in [0.05, 0.1) is 11.6 Å². The second-order valence-corrected chi connectivity index (χ2v) is 8.76. The highest BCUT2D eigenvalue weighted by molar-refractivity contribution is 5.87. The number of nitrogens with one attached hydrogen (secondary N) is 2. The number of aryl methyl sites for hydroxylation is 1. The zero-order valence-corrected chi connectivity index (χ0v) is 16.8. The first-order valence-electron chi connectivity index (χ1n) is 10.2. The highest BCUT2D eigenvalue weighted by atomic mass is 19.3. The molecule has 2 heterocycles. The molecule has 2 aliphatic carbocycles. The minimum atomic E-state index is -2.48. The smallest absolute Gasteiger partial charge is 0.249 e. The third-order valence-electron chi connectivity index (χ3n) is 6.27. The molecule has 2 saturated carbocycles. The molecule has 1 aromatic carbocycles. The maximum Gasteiger partial charge on any atom is 0.249 e. The fraction of sp³-hybridized carbons (Fsp3) is 0.476. The van der Waals surface area contributed by atoms with Crippen LogP contribution in [0.3, 0.4) is 0 Å². The molecule has 0 radical (unpaired) electrons.